The Bertz CT molecular complexity index is 681. The van der Waals surface area contributed by atoms with Crippen molar-refractivity contribution in [1.29, 1.82) is 0 Å². The van der Waals surface area contributed by atoms with Gasteiger partial charge < -0.3 is 15.5 Å². The van der Waals surface area contributed by atoms with Gasteiger partial charge in [-0.25, -0.2) is 4.79 Å². The Labute approximate surface area is 131 Å². The highest BCUT2D eigenvalue weighted by Gasteiger charge is 2.39. The van der Waals surface area contributed by atoms with E-state index in [4.69, 9.17) is 0 Å². The summed E-state index contributed by atoms with van der Waals surface area (Å²) >= 11 is 0. The molecule has 0 saturated heterocycles. The average molecular weight is 327 g/mol. The molecule has 124 valence electrons. The number of benzene rings is 1. The molecule has 1 atom stereocenters. The van der Waals surface area contributed by atoms with E-state index in [1.54, 1.807) is 0 Å². The van der Waals surface area contributed by atoms with Crippen LogP contribution in [0.5, 0.6) is 0 Å². The van der Waals surface area contributed by atoms with Gasteiger partial charge in [0, 0.05) is 19.8 Å². The molecule has 1 aliphatic heterocycles. The topological polar surface area (TPSA) is 61.4 Å². The molecule has 0 spiro atoms. The van der Waals surface area contributed by atoms with E-state index in [9.17, 15) is 22.8 Å². The smallest absolute Gasteiger partial charge is 0.345 e. The monoisotopic (exact) mass is 327 g/mol. The van der Waals surface area contributed by atoms with E-state index in [1.165, 1.54) is 44.1 Å². The Morgan fingerprint density at radius 1 is 1.22 bits per heavy atom. The quantitative estimate of drug-likeness (QED) is 0.876. The van der Waals surface area contributed by atoms with Crippen LogP contribution in [0.2, 0.25) is 0 Å². The number of carbonyl (C=O) groups excluding carboxylic acids is 2. The molecule has 0 fully saturated rings. The minimum Gasteiger partial charge on any atom is -0.345 e. The van der Waals surface area contributed by atoms with Crippen molar-refractivity contribution in [2.24, 2.45) is 0 Å². The summed E-state index contributed by atoms with van der Waals surface area (Å²) in [5.74, 6) is -0.475. The largest absolute Gasteiger partial charge is 0.416 e. The Kier molecular flexibility index (Phi) is 4.35. The van der Waals surface area contributed by atoms with Crippen LogP contribution in [0.15, 0.2) is 35.5 Å². The molecule has 0 unspecified atom stereocenters. The van der Waals surface area contributed by atoms with Gasteiger partial charge in [-0.05, 0) is 18.6 Å². The van der Waals surface area contributed by atoms with Gasteiger partial charge in [-0.15, -0.1) is 0 Å². The molecule has 2 N–H and O–H groups in total. The zero-order valence-corrected chi connectivity index (χ0v) is 12.8. The molecule has 1 aromatic carbocycles. The van der Waals surface area contributed by atoms with E-state index in [1.807, 2.05) is 0 Å². The predicted molar refractivity (Wildman–Crippen MR) is 77.2 cm³/mol. The fraction of sp³-hybridized carbons (Fsp3) is 0.333. The van der Waals surface area contributed by atoms with Crippen LogP contribution in [0.4, 0.5) is 18.0 Å². The highest BCUT2D eigenvalue weighted by molar-refractivity contribution is 5.98. The second kappa shape index (κ2) is 5.94. The minimum absolute atomic E-state index is 0.0753. The first-order valence-electron chi connectivity index (χ1n) is 6.79. The SMILES string of the molecule is CC1=C(C(=O)N(C)C)[C@H](c2ccccc2C(F)(F)F)NC(=O)N1. The Balaban J connectivity index is 2.63. The Morgan fingerprint density at radius 2 is 1.83 bits per heavy atom. The number of nitrogens with one attached hydrogen (secondary N) is 2. The summed E-state index contributed by atoms with van der Waals surface area (Å²) in [7, 11) is 2.98. The third-order valence-corrected chi connectivity index (χ3v) is 3.48. The van der Waals surface area contributed by atoms with Gasteiger partial charge in [0.05, 0.1) is 17.2 Å². The Hall–Kier alpha value is -2.51. The van der Waals surface area contributed by atoms with Crippen LogP contribution in [-0.2, 0) is 11.0 Å². The molecule has 0 aromatic heterocycles. The second-order valence-electron chi connectivity index (χ2n) is 5.35. The van der Waals surface area contributed by atoms with E-state index in [2.05, 4.69) is 10.6 Å². The summed E-state index contributed by atoms with van der Waals surface area (Å²) in [5.41, 5.74) is -0.746. The molecule has 23 heavy (non-hydrogen) atoms. The van der Waals surface area contributed by atoms with Crippen molar-refractivity contribution in [3.05, 3.63) is 46.7 Å². The first-order chi connectivity index (χ1) is 10.6. The predicted octanol–water partition coefficient (Wildman–Crippen LogP) is 2.42. The summed E-state index contributed by atoms with van der Waals surface area (Å²) in [6.07, 6.45) is -4.59. The normalized spacial score (nSPS) is 18.3. The van der Waals surface area contributed by atoms with Gasteiger partial charge in [-0.3, -0.25) is 4.79 Å². The number of rotatable bonds is 2. The maximum absolute atomic E-state index is 13.2. The van der Waals surface area contributed by atoms with Crippen molar-refractivity contribution in [3.8, 4) is 0 Å². The van der Waals surface area contributed by atoms with E-state index < -0.39 is 29.7 Å². The van der Waals surface area contributed by atoms with Crippen molar-refractivity contribution < 1.29 is 22.8 Å². The highest BCUT2D eigenvalue weighted by Crippen LogP contribution is 2.38. The summed E-state index contributed by atoms with van der Waals surface area (Å²) in [6, 6.07) is 3.06. The van der Waals surface area contributed by atoms with E-state index >= 15 is 0 Å². The molecule has 0 saturated carbocycles. The van der Waals surface area contributed by atoms with Crippen molar-refractivity contribution in [2.75, 3.05) is 14.1 Å². The van der Waals surface area contributed by atoms with E-state index in [0.29, 0.717) is 0 Å². The van der Waals surface area contributed by atoms with Crippen LogP contribution < -0.4 is 10.6 Å². The highest BCUT2D eigenvalue weighted by atomic mass is 19.4. The number of halogens is 3. The third-order valence-electron chi connectivity index (χ3n) is 3.48. The first kappa shape index (κ1) is 16.9. The molecule has 0 aliphatic carbocycles. The fourth-order valence-electron chi connectivity index (χ4n) is 2.46. The molecule has 1 heterocycles. The number of likely N-dealkylation sites (N-methyl/N-ethyl adjacent to an activating group) is 1. The summed E-state index contributed by atoms with van der Waals surface area (Å²) in [5, 5.41) is 4.83. The maximum atomic E-state index is 13.2. The van der Waals surface area contributed by atoms with E-state index in [0.717, 1.165) is 6.07 Å². The average Bonchev–Trinajstić information content (AvgIpc) is 2.44. The minimum atomic E-state index is -4.59. The number of hydrogen-bond acceptors (Lipinski definition) is 2. The van der Waals surface area contributed by atoms with Gasteiger partial charge in [-0.2, -0.15) is 13.2 Å². The van der Waals surface area contributed by atoms with Crippen molar-refractivity contribution >= 4 is 11.9 Å². The molecular formula is C15H16F3N3O2. The van der Waals surface area contributed by atoms with Crippen LogP contribution in [0, 0.1) is 0 Å². The summed E-state index contributed by atoms with van der Waals surface area (Å²) in [4.78, 5) is 25.3. The third kappa shape index (κ3) is 3.30. The lowest BCUT2D eigenvalue weighted by Crippen LogP contribution is -2.47. The lowest BCUT2D eigenvalue weighted by atomic mass is 9.91. The number of hydrogen-bond donors (Lipinski definition) is 2. The van der Waals surface area contributed by atoms with Crippen molar-refractivity contribution in [3.63, 3.8) is 0 Å². The number of amides is 3. The molecule has 3 amide bonds. The standard InChI is InChI=1S/C15H16F3N3O2/c1-8-11(13(22)21(2)3)12(20-14(23)19-8)9-6-4-5-7-10(9)15(16,17)18/h4-7,12H,1-3H3,(H2,19,20,23)/t12-/m0/s1. The van der Waals surface area contributed by atoms with Gasteiger partial charge in [-0.1, -0.05) is 18.2 Å². The molecule has 8 heteroatoms. The zero-order valence-electron chi connectivity index (χ0n) is 12.8. The molecule has 1 aromatic rings. The van der Waals surface area contributed by atoms with Crippen LogP contribution in [0.25, 0.3) is 0 Å². The van der Waals surface area contributed by atoms with Gasteiger partial charge in [0.15, 0.2) is 0 Å². The lowest BCUT2D eigenvalue weighted by Gasteiger charge is -2.31. The van der Waals surface area contributed by atoms with Crippen LogP contribution >= 0.6 is 0 Å². The number of alkyl halides is 3. The molecule has 5 nitrogen and oxygen atoms in total. The zero-order chi connectivity index (χ0) is 17.4. The van der Waals surface area contributed by atoms with Gasteiger partial charge in [0.1, 0.15) is 0 Å². The number of nitrogens with zero attached hydrogens (tertiary/aromatic N) is 1. The van der Waals surface area contributed by atoms with Gasteiger partial charge in [0.25, 0.3) is 5.91 Å². The maximum Gasteiger partial charge on any atom is 0.416 e. The van der Waals surface area contributed by atoms with Crippen LogP contribution in [0.3, 0.4) is 0 Å². The molecule has 2 rings (SSSR count). The lowest BCUT2D eigenvalue weighted by molar-refractivity contribution is -0.138. The summed E-state index contributed by atoms with van der Waals surface area (Å²) < 4.78 is 39.7. The van der Waals surface area contributed by atoms with Gasteiger partial charge in [0.2, 0.25) is 0 Å². The molecule has 0 radical (unpaired) electrons. The van der Waals surface area contributed by atoms with Crippen molar-refractivity contribution in [2.45, 2.75) is 19.1 Å². The molecular weight excluding hydrogens is 311 g/mol. The summed E-state index contributed by atoms with van der Waals surface area (Å²) in [6.45, 7) is 1.48. The van der Waals surface area contributed by atoms with Crippen LogP contribution in [0.1, 0.15) is 24.1 Å². The molecule has 1 aliphatic rings. The number of allylic oxidation sites excluding steroid dienone is 1. The fourth-order valence-corrected chi connectivity index (χ4v) is 2.46. The van der Waals surface area contributed by atoms with Crippen LogP contribution in [-0.4, -0.2) is 30.9 Å². The number of urea groups is 1. The second-order valence-corrected chi connectivity index (χ2v) is 5.35. The number of carbonyl (C=O) groups is 2. The Morgan fingerprint density at radius 3 is 2.39 bits per heavy atom. The van der Waals surface area contributed by atoms with Crippen molar-refractivity contribution in [1.82, 2.24) is 15.5 Å². The molecule has 0 bridgehead atoms. The first-order valence-corrected chi connectivity index (χ1v) is 6.79. The van der Waals surface area contributed by atoms with Gasteiger partial charge >= 0.3 is 12.2 Å². The van der Waals surface area contributed by atoms with E-state index in [-0.39, 0.29) is 16.8 Å².